The van der Waals surface area contributed by atoms with E-state index >= 15 is 0 Å². The van der Waals surface area contributed by atoms with Gasteiger partial charge >= 0.3 is 12.0 Å². The number of carbonyl (C=O) groups is 5. The first kappa shape index (κ1) is 19.5. The highest BCUT2D eigenvalue weighted by Gasteiger charge is 2.38. The Labute approximate surface area is 160 Å². The molecule has 2 heterocycles. The summed E-state index contributed by atoms with van der Waals surface area (Å²) >= 11 is 0. The lowest BCUT2D eigenvalue weighted by Gasteiger charge is -2.17. The summed E-state index contributed by atoms with van der Waals surface area (Å²) in [6.07, 6.45) is 1.49. The monoisotopic (exact) mass is 389 g/mol. The maximum Gasteiger partial charge on any atom is 0.338 e. The standard InChI is InChI=1S/C18H19N3O7/c1-19-18(26)20-14(22)9-28-17(25)10-4-5-12-13(7-10)16(24)21(15(12)23)8-11-3-2-6-27-11/h4-5,7,11H,2-3,6,8-9H2,1H3,(H2,19,20,22,26). The van der Waals surface area contributed by atoms with Gasteiger partial charge in [0.15, 0.2) is 6.61 Å². The first-order chi connectivity index (χ1) is 13.4. The van der Waals surface area contributed by atoms with E-state index in [9.17, 15) is 24.0 Å². The molecular weight excluding hydrogens is 370 g/mol. The highest BCUT2D eigenvalue weighted by atomic mass is 16.5. The van der Waals surface area contributed by atoms with Crippen LogP contribution in [0.25, 0.3) is 0 Å². The van der Waals surface area contributed by atoms with Gasteiger partial charge in [-0.2, -0.15) is 0 Å². The van der Waals surface area contributed by atoms with Gasteiger partial charge in [-0.25, -0.2) is 9.59 Å². The van der Waals surface area contributed by atoms with E-state index in [0.29, 0.717) is 6.61 Å². The van der Waals surface area contributed by atoms with Crippen LogP contribution in [0.4, 0.5) is 4.79 Å². The third-order valence-corrected chi connectivity index (χ3v) is 4.43. The Hall–Kier alpha value is -3.27. The average Bonchev–Trinajstić information content (AvgIpc) is 3.29. The molecule has 0 saturated carbocycles. The lowest BCUT2D eigenvalue weighted by Crippen LogP contribution is -2.39. The normalized spacial score (nSPS) is 18.0. The Bertz CT molecular complexity index is 846. The van der Waals surface area contributed by atoms with Gasteiger partial charge in [0, 0.05) is 13.7 Å². The van der Waals surface area contributed by atoms with Crippen LogP contribution in [0.2, 0.25) is 0 Å². The fraction of sp³-hybridized carbons (Fsp3) is 0.389. The number of ether oxygens (including phenoxy) is 2. The zero-order chi connectivity index (χ0) is 20.3. The van der Waals surface area contributed by atoms with E-state index in [1.807, 2.05) is 5.32 Å². The van der Waals surface area contributed by atoms with Crippen LogP contribution in [0.1, 0.15) is 43.9 Å². The number of amides is 5. The molecule has 1 aromatic rings. The predicted octanol–water partition coefficient (Wildman–Crippen LogP) is 0.0740. The van der Waals surface area contributed by atoms with Crippen LogP contribution in [-0.2, 0) is 14.3 Å². The number of carbonyl (C=O) groups excluding carboxylic acids is 5. The smallest absolute Gasteiger partial charge is 0.338 e. The molecule has 2 N–H and O–H groups in total. The number of esters is 1. The zero-order valence-electron chi connectivity index (χ0n) is 15.1. The van der Waals surface area contributed by atoms with E-state index in [1.54, 1.807) is 0 Å². The Balaban J connectivity index is 1.65. The number of nitrogens with zero attached hydrogens (tertiary/aromatic N) is 1. The molecule has 1 aromatic carbocycles. The second kappa shape index (κ2) is 8.17. The fourth-order valence-corrected chi connectivity index (χ4v) is 3.02. The van der Waals surface area contributed by atoms with Crippen molar-refractivity contribution in [1.29, 1.82) is 0 Å². The molecule has 10 nitrogen and oxygen atoms in total. The van der Waals surface area contributed by atoms with Crippen molar-refractivity contribution in [2.24, 2.45) is 0 Å². The van der Waals surface area contributed by atoms with E-state index in [-0.39, 0.29) is 29.3 Å². The van der Waals surface area contributed by atoms with E-state index in [2.05, 4.69) is 5.32 Å². The molecule has 1 unspecified atom stereocenters. The number of hydrogen-bond acceptors (Lipinski definition) is 7. The molecule has 2 aliphatic rings. The number of hydrogen-bond donors (Lipinski definition) is 2. The number of benzene rings is 1. The highest BCUT2D eigenvalue weighted by Crippen LogP contribution is 2.26. The molecular formula is C18H19N3O7. The third kappa shape index (κ3) is 4.01. The van der Waals surface area contributed by atoms with Gasteiger partial charge in [0.25, 0.3) is 17.7 Å². The van der Waals surface area contributed by atoms with Crippen LogP contribution in [0.15, 0.2) is 18.2 Å². The summed E-state index contributed by atoms with van der Waals surface area (Å²) in [4.78, 5) is 60.8. The Morgan fingerprint density at radius 2 is 1.96 bits per heavy atom. The highest BCUT2D eigenvalue weighted by molar-refractivity contribution is 6.22. The fourth-order valence-electron chi connectivity index (χ4n) is 3.02. The van der Waals surface area contributed by atoms with Crippen molar-refractivity contribution in [2.75, 3.05) is 26.8 Å². The molecule has 1 atom stereocenters. The van der Waals surface area contributed by atoms with Crippen LogP contribution in [0.3, 0.4) is 0 Å². The quantitative estimate of drug-likeness (QED) is 0.538. The molecule has 1 saturated heterocycles. The largest absolute Gasteiger partial charge is 0.452 e. The van der Waals surface area contributed by atoms with Gasteiger partial charge in [0.1, 0.15) is 0 Å². The van der Waals surface area contributed by atoms with Gasteiger partial charge in [-0.1, -0.05) is 0 Å². The van der Waals surface area contributed by atoms with Crippen molar-refractivity contribution >= 4 is 29.7 Å². The Morgan fingerprint density at radius 3 is 2.64 bits per heavy atom. The SMILES string of the molecule is CNC(=O)NC(=O)COC(=O)c1ccc2c(c1)C(=O)N(CC1CCCO1)C2=O. The summed E-state index contributed by atoms with van der Waals surface area (Å²) in [5, 5.41) is 4.14. The van der Waals surface area contributed by atoms with E-state index in [4.69, 9.17) is 9.47 Å². The minimum Gasteiger partial charge on any atom is -0.452 e. The van der Waals surface area contributed by atoms with Gasteiger partial charge in [-0.15, -0.1) is 0 Å². The van der Waals surface area contributed by atoms with Gasteiger partial charge in [-0.3, -0.25) is 24.6 Å². The van der Waals surface area contributed by atoms with Crippen molar-refractivity contribution in [1.82, 2.24) is 15.5 Å². The molecule has 0 radical (unpaired) electrons. The predicted molar refractivity (Wildman–Crippen MR) is 93.7 cm³/mol. The van der Waals surface area contributed by atoms with Crippen LogP contribution < -0.4 is 10.6 Å². The molecule has 28 heavy (non-hydrogen) atoms. The van der Waals surface area contributed by atoms with Gasteiger partial charge < -0.3 is 14.8 Å². The number of nitrogens with one attached hydrogen (secondary N) is 2. The third-order valence-electron chi connectivity index (χ3n) is 4.43. The molecule has 0 bridgehead atoms. The number of fused-ring (bicyclic) bond motifs is 1. The zero-order valence-corrected chi connectivity index (χ0v) is 15.1. The maximum atomic E-state index is 12.6. The van der Waals surface area contributed by atoms with Crippen molar-refractivity contribution in [3.05, 3.63) is 34.9 Å². The number of urea groups is 1. The first-order valence-electron chi connectivity index (χ1n) is 8.71. The Kier molecular flexibility index (Phi) is 5.69. The van der Waals surface area contributed by atoms with E-state index in [0.717, 1.165) is 17.7 Å². The molecule has 0 spiro atoms. The topological polar surface area (TPSA) is 131 Å². The molecule has 0 aliphatic carbocycles. The second-order valence-corrected chi connectivity index (χ2v) is 6.32. The number of imide groups is 2. The van der Waals surface area contributed by atoms with Gasteiger partial charge in [0.05, 0.1) is 29.3 Å². The van der Waals surface area contributed by atoms with Crippen molar-refractivity contribution in [2.45, 2.75) is 18.9 Å². The van der Waals surface area contributed by atoms with Gasteiger partial charge in [0.2, 0.25) is 0 Å². The minimum absolute atomic E-state index is 0.0200. The van der Waals surface area contributed by atoms with Crippen molar-refractivity contribution in [3.8, 4) is 0 Å². The summed E-state index contributed by atoms with van der Waals surface area (Å²) in [6.45, 7) is 0.116. The summed E-state index contributed by atoms with van der Waals surface area (Å²) in [7, 11) is 1.33. The van der Waals surface area contributed by atoms with E-state index in [1.165, 1.54) is 25.2 Å². The van der Waals surface area contributed by atoms with Gasteiger partial charge in [-0.05, 0) is 31.0 Å². The average molecular weight is 389 g/mol. The van der Waals surface area contributed by atoms with Crippen LogP contribution in [0.5, 0.6) is 0 Å². The first-order valence-corrected chi connectivity index (χ1v) is 8.71. The summed E-state index contributed by atoms with van der Waals surface area (Å²) < 4.78 is 10.3. The Morgan fingerprint density at radius 1 is 1.21 bits per heavy atom. The molecule has 3 rings (SSSR count). The summed E-state index contributed by atoms with van der Waals surface area (Å²) in [6, 6.07) is 3.27. The van der Waals surface area contributed by atoms with Crippen molar-refractivity contribution in [3.63, 3.8) is 0 Å². The molecule has 10 heteroatoms. The maximum absolute atomic E-state index is 12.6. The molecule has 2 aliphatic heterocycles. The lowest BCUT2D eigenvalue weighted by molar-refractivity contribution is -0.123. The summed E-state index contributed by atoms with van der Waals surface area (Å²) in [5.74, 6) is -2.58. The minimum atomic E-state index is -0.854. The molecule has 1 fully saturated rings. The molecule has 5 amide bonds. The van der Waals surface area contributed by atoms with Crippen LogP contribution in [0, 0.1) is 0 Å². The molecule has 148 valence electrons. The van der Waals surface area contributed by atoms with Crippen molar-refractivity contribution < 1.29 is 33.4 Å². The lowest BCUT2D eigenvalue weighted by atomic mass is 10.1. The van der Waals surface area contributed by atoms with Crippen LogP contribution in [-0.4, -0.2) is 67.5 Å². The second-order valence-electron chi connectivity index (χ2n) is 6.32. The van der Waals surface area contributed by atoms with E-state index < -0.39 is 36.3 Å². The summed E-state index contributed by atoms with van der Waals surface area (Å²) in [5.41, 5.74) is 0.329. The molecule has 0 aromatic heterocycles. The van der Waals surface area contributed by atoms with Crippen LogP contribution >= 0.6 is 0 Å². The number of rotatable bonds is 5.